The maximum Gasteiger partial charge on any atom is 0.270 e. The van der Waals surface area contributed by atoms with E-state index < -0.39 is 11.8 Å². The Balaban J connectivity index is 1.51. The Kier molecular flexibility index (Phi) is 7.63. The minimum Gasteiger partial charge on any atom is -0.351 e. The van der Waals surface area contributed by atoms with Crippen molar-refractivity contribution < 1.29 is 9.59 Å². The van der Waals surface area contributed by atoms with Gasteiger partial charge in [0.05, 0.1) is 10.6 Å². The van der Waals surface area contributed by atoms with E-state index in [0.29, 0.717) is 20.7 Å². The van der Waals surface area contributed by atoms with Gasteiger partial charge >= 0.3 is 0 Å². The van der Waals surface area contributed by atoms with Crippen molar-refractivity contribution in [2.45, 2.75) is 12.8 Å². The first-order valence-corrected chi connectivity index (χ1v) is 12.4. The first-order valence-electron chi connectivity index (χ1n) is 10.4. The maximum atomic E-state index is 13.2. The molecule has 0 saturated carbocycles. The Hall–Kier alpha value is -2.78. The number of nitrogens with one attached hydrogen (secondary N) is 1. The lowest BCUT2D eigenvalue weighted by atomic mass is 10.1. The molecule has 0 radical (unpaired) electrons. The molecule has 1 aliphatic heterocycles. The van der Waals surface area contributed by atoms with Crippen LogP contribution in [0.2, 0.25) is 10.2 Å². The molecule has 10 heteroatoms. The van der Waals surface area contributed by atoms with Crippen molar-refractivity contribution in [1.82, 2.24) is 10.3 Å². The van der Waals surface area contributed by atoms with Gasteiger partial charge in [0, 0.05) is 18.6 Å². The molecule has 4 rings (SSSR count). The molecular formula is C24H20Cl2N4O2S2. The van der Waals surface area contributed by atoms with Crippen LogP contribution in [0.5, 0.6) is 0 Å². The number of benzene rings is 2. The number of thiazole rings is 1. The fourth-order valence-corrected chi connectivity index (χ4v) is 5.02. The van der Waals surface area contributed by atoms with Crippen LogP contribution in [0.4, 0.5) is 10.8 Å². The lowest BCUT2D eigenvalue weighted by Gasteiger charge is -2.28. The lowest BCUT2D eigenvalue weighted by Crippen LogP contribution is -2.54. The summed E-state index contributed by atoms with van der Waals surface area (Å²) in [6, 6.07) is 16.9. The molecule has 1 N–H and O–H groups in total. The van der Waals surface area contributed by atoms with E-state index in [0.717, 1.165) is 19.4 Å². The lowest BCUT2D eigenvalue weighted by molar-refractivity contribution is -0.122. The molecule has 2 aromatic carbocycles. The van der Waals surface area contributed by atoms with Crippen molar-refractivity contribution in [2.24, 2.45) is 0 Å². The fraction of sp³-hybridized carbons (Fsp3) is 0.167. The number of thiocarbonyl (C=S) groups is 1. The van der Waals surface area contributed by atoms with Gasteiger partial charge in [0.25, 0.3) is 11.8 Å². The number of anilines is 2. The molecule has 0 unspecified atom stereocenters. The number of aromatic nitrogens is 1. The van der Waals surface area contributed by atoms with Gasteiger partial charge in [0.2, 0.25) is 0 Å². The molecule has 1 saturated heterocycles. The van der Waals surface area contributed by atoms with Gasteiger partial charge in [-0.3, -0.25) is 19.8 Å². The molecule has 0 bridgehead atoms. The second-order valence-electron chi connectivity index (χ2n) is 7.60. The molecule has 2 amide bonds. The SMILES string of the molecule is CN(CCCc1ccccc1)c1nc(Cl)c(C=C2C(=O)NC(=S)N(c3ccc(Cl)cc3)C2=O)s1. The summed E-state index contributed by atoms with van der Waals surface area (Å²) < 4.78 is 0. The third-order valence-electron chi connectivity index (χ3n) is 5.19. The van der Waals surface area contributed by atoms with Gasteiger partial charge in [-0.25, -0.2) is 4.98 Å². The average molecular weight is 531 g/mol. The third kappa shape index (κ3) is 5.47. The molecule has 174 valence electrons. The summed E-state index contributed by atoms with van der Waals surface area (Å²) in [6.45, 7) is 0.785. The Morgan fingerprint density at radius 2 is 1.82 bits per heavy atom. The van der Waals surface area contributed by atoms with Crippen molar-refractivity contribution >= 4 is 80.6 Å². The van der Waals surface area contributed by atoms with E-state index in [1.807, 2.05) is 30.1 Å². The summed E-state index contributed by atoms with van der Waals surface area (Å²) in [5, 5.41) is 4.03. The number of carbonyl (C=O) groups excluding carboxylic acids is 2. The number of rotatable bonds is 7. The second-order valence-corrected chi connectivity index (χ2v) is 9.79. The first kappa shape index (κ1) is 24.3. The van der Waals surface area contributed by atoms with Crippen LogP contribution in [0.25, 0.3) is 6.08 Å². The molecule has 2 heterocycles. The summed E-state index contributed by atoms with van der Waals surface area (Å²) in [5.41, 5.74) is 1.70. The van der Waals surface area contributed by atoms with Crippen LogP contribution >= 0.6 is 46.8 Å². The van der Waals surface area contributed by atoms with Crippen molar-refractivity contribution in [1.29, 1.82) is 0 Å². The fourth-order valence-electron chi connectivity index (χ4n) is 3.43. The van der Waals surface area contributed by atoms with E-state index in [1.54, 1.807) is 24.3 Å². The molecule has 6 nitrogen and oxygen atoms in total. The number of amides is 2. The van der Waals surface area contributed by atoms with E-state index in [2.05, 4.69) is 22.4 Å². The predicted molar refractivity (Wildman–Crippen MR) is 143 cm³/mol. The minimum absolute atomic E-state index is 0.00344. The van der Waals surface area contributed by atoms with Crippen molar-refractivity contribution in [2.75, 3.05) is 23.4 Å². The summed E-state index contributed by atoms with van der Waals surface area (Å²) in [5.74, 6) is -1.12. The molecule has 0 aliphatic carbocycles. The van der Waals surface area contributed by atoms with Gasteiger partial charge in [0.1, 0.15) is 10.7 Å². The average Bonchev–Trinajstić information content (AvgIpc) is 3.19. The van der Waals surface area contributed by atoms with Gasteiger partial charge < -0.3 is 4.90 Å². The van der Waals surface area contributed by atoms with E-state index in [1.165, 1.54) is 27.9 Å². The Morgan fingerprint density at radius 3 is 2.53 bits per heavy atom. The summed E-state index contributed by atoms with van der Waals surface area (Å²) in [4.78, 5) is 34.0. The number of halogens is 2. The largest absolute Gasteiger partial charge is 0.351 e. The zero-order chi connectivity index (χ0) is 24.2. The second kappa shape index (κ2) is 10.7. The Bertz CT molecular complexity index is 1260. The molecule has 1 aromatic heterocycles. The normalized spacial score (nSPS) is 15.1. The van der Waals surface area contributed by atoms with E-state index >= 15 is 0 Å². The number of carbonyl (C=O) groups is 2. The highest BCUT2D eigenvalue weighted by Gasteiger charge is 2.35. The Labute approximate surface area is 216 Å². The van der Waals surface area contributed by atoms with E-state index in [9.17, 15) is 9.59 Å². The summed E-state index contributed by atoms with van der Waals surface area (Å²) in [6.07, 6.45) is 3.36. The standard InChI is InChI=1S/C24H20Cl2N4O2S2/c1-29(13-5-8-15-6-3-2-4-7-15)24-27-20(26)19(34-24)14-18-21(31)28-23(33)30(22(18)32)17-11-9-16(25)10-12-17/h2-4,6-7,9-12,14H,5,8,13H2,1H3,(H,28,31,33). The number of hydrogen-bond donors (Lipinski definition) is 1. The third-order valence-corrected chi connectivity index (χ3v) is 7.24. The van der Waals surface area contributed by atoms with Crippen LogP contribution in [0.3, 0.4) is 0 Å². The monoisotopic (exact) mass is 530 g/mol. The molecule has 34 heavy (non-hydrogen) atoms. The summed E-state index contributed by atoms with van der Waals surface area (Å²) >= 11 is 18.9. The predicted octanol–water partition coefficient (Wildman–Crippen LogP) is 5.35. The number of nitrogens with zero attached hydrogens (tertiary/aromatic N) is 3. The number of hydrogen-bond acceptors (Lipinski definition) is 6. The van der Waals surface area contributed by atoms with Crippen molar-refractivity contribution in [3.63, 3.8) is 0 Å². The van der Waals surface area contributed by atoms with Crippen molar-refractivity contribution in [3.8, 4) is 0 Å². The van der Waals surface area contributed by atoms with Crippen LogP contribution in [0, 0.1) is 0 Å². The molecule has 0 atom stereocenters. The van der Waals surface area contributed by atoms with Gasteiger partial charge in [-0.15, -0.1) is 0 Å². The quantitative estimate of drug-likeness (QED) is 0.253. The van der Waals surface area contributed by atoms with Crippen molar-refractivity contribution in [3.05, 3.63) is 80.8 Å². The van der Waals surface area contributed by atoms with Crippen LogP contribution in [0.15, 0.2) is 60.2 Å². The van der Waals surface area contributed by atoms with Crippen LogP contribution < -0.4 is 15.1 Å². The Morgan fingerprint density at radius 1 is 1.12 bits per heavy atom. The van der Waals surface area contributed by atoms with Crippen LogP contribution in [0.1, 0.15) is 16.9 Å². The molecule has 1 fully saturated rings. The zero-order valence-electron chi connectivity index (χ0n) is 18.1. The molecular weight excluding hydrogens is 511 g/mol. The molecule has 1 aliphatic rings. The number of aryl methyl sites for hydroxylation is 1. The van der Waals surface area contributed by atoms with Gasteiger partial charge in [-0.2, -0.15) is 0 Å². The topological polar surface area (TPSA) is 65.5 Å². The van der Waals surface area contributed by atoms with Gasteiger partial charge in [0.15, 0.2) is 10.2 Å². The van der Waals surface area contributed by atoms with Gasteiger partial charge in [-0.05, 0) is 61.0 Å². The highest BCUT2D eigenvalue weighted by atomic mass is 35.5. The summed E-state index contributed by atoms with van der Waals surface area (Å²) in [7, 11) is 1.94. The highest BCUT2D eigenvalue weighted by Crippen LogP contribution is 2.32. The zero-order valence-corrected chi connectivity index (χ0v) is 21.3. The highest BCUT2D eigenvalue weighted by molar-refractivity contribution is 7.80. The first-order chi connectivity index (χ1) is 16.3. The molecule has 3 aromatic rings. The van der Waals surface area contributed by atoms with Crippen LogP contribution in [-0.4, -0.2) is 35.5 Å². The van der Waals surface area contributed by atoms with Gasteiger partial charge in [-0.1, -0.05) is 64.9 Å². The molecule has 0 spiro atoms. The minimum atomic E-state index is -0.581. The van der Waals surface area contributed by atoms with E-state index in [4.69, 9.17) is 35.4 Å². The smallest absolute Gasteiger partial charge is 0.270 e. The van der Waals surface area contributed by atoms with Crippen LogP contribution in [-0.2, 0) is 16.0 Å². The maximum absolute atomic E-state index is 13.2. The van der Waals surface area contributed by atoms with E-state index in [-0.39, 0.29) is 15.8 Å².